The minimum absolute atomic E-state index is 0.175. The van der Waals surface area contributed by atoms with E-state index in [-0.39, 0.29) is 12.0 Å². The molecule has 2 fully saturated rings. The van der Waals surface area contributed by atoms with E-state index in [1.165, 1.54) is 12.8 Å². The van der Waals surface area contributed by atoms with E-state index in [1.807, 2.05) is 0 Å². The Kier molecular flexibility index (Phi) is 3.33. The van der Waals surface area contributed by atoms with Crippen molar-refractivity contribution in [1.82, 2.24) is 4.90 Å². The van der Waals surface area contributed by atoms with Gasteiger partial charge in [0.15, 0.2) is 0 Å². The molecular weight excluding hydrogens is 200 g/mol. The molecule has 0 aromatic carbocycles. The largest absolute Gasteiger partial charge is 0.374 e. The molecule has 1 saturated heterocycles. The normalized spacial score (nSPS) is 31.5. The molecule has 3 nitrogen and oxygen atoms in total. The SMILES string of the molecule is C=C(C[C@H](N)C1CC1)N1CC(C)C(C=O)C1. The van der Waals surface area contributed by atoms with Crippen molar-refractivity contribution in [3.8, 4) is 0 Å². The standard InChI is InChI=1S/C13H22N2O/c1-9-6-15(7-12(9)8-16)10(2)5-13(14)11-3-4-11/h8-9,11-13H,2-7,14H2,1H3/t9?,12?,13-/m0/s1. The predicted octanol–water partition coefficient (Wildman–Crippen LogP) is 1.39. The van der Waals surface area contributed by atoms with Crippen LogP contribution in [-0.4, -0.2) is 30.3 Å². The number of likely N-dealkylation sites (tertiary alicyclic amines) is 1. The molecule has 0 radical (unpaired) electrons. The zero-order valence-electron chi connectivity index (χ0n) is 10.1. The van der Waals surface area contributed by atoms with Crippen molar-refractivity contribution in [1.29, 1.82) is 0 Å². The Morgan fingerprint density at radius 1 is 1.56 bits per heavy atom. The molecule has 0 bridgehead atoms. The zero-order valence-corrected chi connectivity index (χ0v) is 10.1. The molecule has 3 heteroatoms. The van der Waals surface area contributed by atoms with Gasteiger partial charge < -0.3 is 15.4 Å². The Hall–Kier alpha value is -0.830. The second kappa shape index (κ2) is 4.58. The lowest BCUT2D eigenvalue weighted by molar-refractivity contribution is -0.111. The molecule has 1 aliphatic carbocycles. The first-order chi connectivity index (χ1) is 7.61. The summed E-state index contributed by atoms with van der Waals surface area (Å²) >= 11 is 0. The maximum atomic E-state index is 10.8. The Morgan fingerprint density at radius 2 is 2.25 bits per heavy atom. The molecule has 16 heavy (non-hydrogen) atoms. The van der Waals surface area contributed by atoms with Crippen LogP contribution in [-0.2, 0) is 4.79 Å². The third kappa shape index (κ3) is 2.46. The van der Waals surface area contributed by atoms with E-state index >= 15 is 0 Å². The van der Waals surface area contributed by atoms with Gasteiger partial charge in [-0.05, 0) is 24.7 Å². The number of rotatable bonds is 5. The number of aldehydes is 1. The molecule has 2 N–H and O–H groups in total. The van der Waals surface area contributed by atoms with Crippen molar-refractivity contribution >= 4 is 6.29 Å². The van der Waals surface area contributed by atoms with Crippen LogP contribution in [0, 0.1) is 17.8 Å². The van der Waals surface area contributed by atoms with Gasteiger partial charge in [0.25, 0.3) is 0 Å². The summed E-state index contributed by atoms with van der Waals surface area (Å²) in [6.07, 6.45) is 4.53. The van der Waals surface area contributed by atoms with Crippen LogP contribution >= 0.6 is 0 Å². The molecule has 90 valence electrons. The summed E-state index contributed by atoms with van der Waals surface area (Å²) in [6.45, 7) is 8.04. The van der Waals surface area contributed by atoms with E-state index in [1.54, 1.807) is 0 Å². The Labute approximate surface area is 97.7 Å². The van der Waals surface area contributed by atoms with Gasteiger partial charge in [0.05, 0.1) is 0 Å². The van der Waals surface area contributed by atoms with Crippen LogP contribution < -0.4 is 5.73 Å². The highest BCUT2D eigenvalue weighted by Crippen LogP contribution is 2.35. The molecular formula is C13H22N2O. The van der Waals surface area contributed by atoms with Gasteiger partial charge in [-0.2, -0.15) is 0 Å². The minimum Gasteiger partial charge on any atom is -0.374 e. The summed E-state index contributed by atoms with van der Waals surface area (Å²) in [5, 5.41) is 0. The Morgan fingerprint density at radius 3 is 2.75 bits per heavy atom. The lowest BCUT2D eigenvalue weighted by Crippen LogP contribution is -2.28. The van der Waals surface area contributed by atoms with Crippen molar-refractivity contribution in [3.05, 3.63) is 12.3 Å². The van der Waals surface area contributed by atoms with E-state index < -0.39 is 0 Å². The molecule has 1 heterocycles. The van der Waals surface area contributed by atoms with Gasteiger partial charge in [-0.1, -0.05) is 13.5 Å². The van der Waals surface area contributed by atoms with Gasteiger partial charge in [0.2, 0.25) is 0 Å². The number of carbonyl (C=O) groups is 1. The van der Waals surface area contributed by atoms with Crippen LogP contribution in [0.5, 0.6) is 0 Å². The number of hydrogen-bond acceptors (Lipinski definition) is 3. The molecule has 0 amide bonds. The van der Waals surface area contributed by atoms with Gasteiger partial charge in [0, 0.05) is 37.2 Å². The van der Waals surface area contributed by atoms with Crippen LogP contribution in [0.3, 0.4) is 0 Å². The molecule has 0 aromatic heterocycles. The molecule has 2 aliphatic rings. The summed E-state index contributed by atoms with van der Waals surface area (Å²) in [7, 11) is 0. The van der Waals surface area contributed by atoms with Crippen molar-refractivity contribution < 1.29 is 4.79 Å². The summed E-state index contributed by atoms with van der Waals surface area (Å²) in [4.78, 5) is 13.1. The second-order valence-corrected chi connectivity index (χ2v) is 5.45. The minimum atomic E-state index is 0.175. The predicted molar refractivity (Wildman–Crippen MR) is 64.7 cm³/mol. The summed E-state index contributed by atoms with van der Waals surface area (Å²) in [5.74, 6) is 1.35. The number of carbonyl (C=O) groups excluding carboxylic acids is 1. The quantitative estimate of drug-likeness (QED) is 0.715. The Bertz CT molecular complexity index is 286. The fraction of sp³-hybridized carbons (Fsp3) is 0.769. The fourth-order valence-corrected chi connectivity index (χ4v) is 2.52. The van der Waals surface area contributed by atoms with Crippen LogP contribution in [0.2, 0.25) is 0 Å². The van der Waals surface area contributed by atoms with E-state index in [9.17, 15) is 4.79 Å². The molecule has 0 aromatic rings. The second-order valence-electron chi connectivity index (χ2n) is 5.45. The van der Waals surface area contributed by atoms with E-state index in [0.29, 0.717) is 5.92 Å². The van der Waals surface area contributed by atoms with Crippen molar-refractivity contribution in [3.63, 3.8) is 0 Å². The highest BCUT2D eigenvalue weighted by molar-refractivity contribution is 5.55. The van der Waals surface area contributed by atoms with Crippen molar-refractivity contribution in [2.24, 2.45) is 23.5 Å². The number of nitrogens with zero attached hydrogens (tertiary/aromatic N) is 1. The van der Waals surface area contributed by atoms with Crippen LogP contribution in [0.25, 0.3) is 0 Å². The first-order valence-corrected chi connectivity index (χ1v) is 6.25. The van der Waals surface area contributed by atoms with Crippen LogP contribution in [0.4, 0.5) is 0 Å². The van der Waals surface area contributed by atoms with Gasteiger partial charge in [-0.15, -0.1) is 0 Å². The molecule has 3 atom stereocenters. The molecule has 1 aliphatic heterocycles. The summed E-state index contributed by atoms with van der Waals surface area (Å²) in [6, 6.07) is 0.276. The van der Waals surface area contributed by atoms with Crippen LogP contribution in [0.15, 0.2) is 12.3 Å². The van der Waals surface area contributed by atoms with Gasteiger partial charge in [0.1, 0.15) is 6.29 Å². The highest BCUT2D eigenvalue weighted by Gasteiger charge is 2.33. The van der Waals surface area contributed by atoms with Crippen LogP contribution in [0.1, 0.15) is 26.2 Å². The van der Waals surface area contributed by atoms with Gasteiger partial charge in [-0.25, -0.2) is 0 Å². The van der Waals surface area contributed by atoms with Gasteiger partial charge in [-0.3, -0.25) is 0 Å². The number of hydrogen-bond donors (Lipinski definition) is 1. The van der Waals surface area contributed by atoms with Crippen molar-refractivity contribution in [2.75, 3.05) is 13.1 Å². The summed E-state index contributed by atoms with van der Waals surface area (Å²) in [5.41, 5.74) is 7.21. The maximum Gasteiger partial charge on any atom is 0.125 e. The average Bonchev–Trinajstić information content (AvgIpc) is 3.02. The monoisotopic (exact) mass is 222 g/mol. The first-order valence-electron chi connectivity index (χ1n) is 6.25. The molecule has 2 rings (SSSR count). The number of nitrogens with two attached hydrogens (primary N) is 1. The van der Waals surface area contributed by atoms with E-state index in [4.69, 9.17) is 5.73 Å². The topological polar surface area (TPSA) is 46.3 Å². The van der Waals surface area contributed by atoms with E-state index in [2.05, 4.69) is 18.4 Å². The van der Waals surface area contributed by atoms with Gasteiger partial charge >= 0.3 is 0 Å². The molecule has 2 unspecified atom stereocenters. The van der Waals surface area contributed by atoms with E-state index in [0.717, 1.165) is 37.4 Å². The fourth-order valence-electron chi connectivity index (χ4n) is 2.52. The molecule has 0 spiro atoms. The third-order valence-corrected chi connectivity index (χ3v) is 3.99. The zero-order chi connectivity index (χ0) is 11.7. The first kappa shape index (κ1) is 11.6. The lowest BCUT2D eigenvalue weighted by Gasteiger charge is -2.23. The summed E-state index contributed by atoms with van der Waals surface area (Å²) < 4.78 is 0. The smallest absolute Gasteiger partial charge is 0.125 e. The molecule has 1 saturated carbocycles. The lowest BCUT2D eigenvalue weighted by atomic mass is 10.0. The average molecular weight is 222 g/mol. The third-order valence-electron chi connectivity index (χ3n) is 3.99. The van der Waals surface area contributed by atoms with Crippen molar-refractivity contribution in [2.45, 2.75) is 32.2 Å². The Balaban J connectivity index is 1.83. The maximum absolute atomic E-state index is 10.8. The highest BCUT2D eigenvalue weighted by atomic mass is 16.1.